The van der Waals surface area contributed by atoms with Crippen LogP contribution >= 0.6 is 0 Å². The van der Waals surface area contributed by atoms with Crippen LogP contribution in [0.1, 0.15) is 147 Å². The molecule has 0 N–H and O–H groups in total. The van der Waals surface area contributed by atoms with Gasteiger partial charge < -0.3 is 22.0 Å². The van der Waals surface area contributed by atoms with Gasteiger partial charge in [0, 0.05) is 10.9 Å². The van der Waals surface area contributed by atoms with E-state index in [2.05, 4.69) is 26.0 Å². The second-order valence-electron chi connectivity index (χ2n) is 10.3. The largest absolute Gasteiger partial charge is 0.673 e. The number of halogens is 4. The van der Waals surface area contributed by atoms with E-state index in [0.717, 1.165) is 5.56 Å². The van der Waals surface area contributed by atoms with Crippen molar-refractivity contribution in [2.75, 3.05) is 18.1 Å². The SMILES string of the molecule is CCCCCCCCCCCCCCCCCC[S+](CCCC)c1ccccc1C(=O)OCC.F[B-](F)(F)F. The molecule has 0 heterocycles. The van der Waals surface area contributed by atoms with Gasteiger partial charge in [0.1, 0.15) is 17.1 Å². The molecule has 0 radical (unpaired) electrons. The highest BCUT2D eigenvalue weighted by atomic mass is 32.2. The molecule has 0 spiro atoms. The van der Waals surface area contributed by atoms with E-state index in [1.807, 2.05) is 19.1 Å². The van der Waals surface area contributed by atoms with Gasteiger partial charge in [-0.15, -0.1) is 0 Å². The van der Waals surface area contributed by atoms with Crippen molar-refractivity contribution in [3.05, 3.63) is 29.8 Å². The molecule has 39 heavy (non-hydrogen) atoms. The Bertz CT molecular complexity index is 697. The lowest BCUT2D eigenvalue weighted by molar-refractivity contribution is 0.0522. The predicted octanol–water partition coefficient (Wildman–Crippen LogP) is 11.2. The molecule has 1 unspecified atom stereocenters. The van der Waals surface area contributed by atoms with Gasteiger partial charge in [-0.3, -0.25) is 0 Å². The minimum Gasteiger partial charge on any atom is -0.462 e. The molecule has 1 rings (SSSR count). The smallest absolute Gasteiger partial charge is 0.462 e. The Kier molecular flexibility index (Phi) is 25.0. The zero-order chi connectivity index (χ0) is 29.2. The molecule has 8 heteroatoms. The summed E-state index contributed by atoms with van der Waals surface area (Å²) in [6.07, 6.45) is 25.0. The van der Waals surface area contributed by atoms with Crippen LogP contribution < -0.4 is 0 Å². The van der Waals surface area contributed by atoms with Crippen LogP contribution in [0.25, 0.3) is 0 Å². The van der Waals surface area contributed by atoms with Gasteiger partial charge in [-0.25, -0.2) is 4.79 Å². The minimum absolute atomic E-state index is 0.154. The maximum absolute atomic E-state index is 12.4. The van der Waals surface area contributed by atoms with Crippen LogP contribution in [-0.4, -0.2) is 31.3 Å². The highest BCUT2D eigenvalue weighted by Gasteiger charge is 2.27. The van der Waals surface area contributed by atoms with Gasteiger partial charge in [0.25, 0.3) is 0 Å². The molecule has 0 saturated heterocycles. The molecular formula is C31H55BF4O2S. The zero-order valence-electron chi connectivity index (χ0n) is 25.0. The van der Waals surface area contributed by atoms with Crippen molar-refractivity contribution in [2.24, 2.45) is 0 Å². The number of rotatable bonds is 23. The van der Waals surface area contributed by atoms with E-state index < -0.39 is 7.25 Å². The molecular weight excluding hydrogens is 523 g/mol. The van der Waals surface area contributed by atoms with E-state index in [-0.39, 0.29) is 16.9 Å². The Hall–Kier alpha value is -1.18. The Morgan fingerprint density at radius 3 is 1.46 bits per heavy atom. The van der Waals surface area contributed by atoms with Gasteiger partial charge >= 0.3 is 13.2 Å². The first-order chi connectivity index (χ1) is 18.7. The standard InChI is InChI=1S/C31H55O2S.BF4/c1-4-7-9-10-11-12-13-14-15-16-17-18-19-20-21-24-28-34(27-8-5-2)30-26-23-22-25-29(30)31(32)33-6-3;2-1(3,4)5/h22-23,25-26H,4-21,24,27-28H2,1-3H3;/q+1;-1. The summed E-state index contributed by atoms with van der Waals surface area (Å²) >= 11 is 0. The quantitative estimate of drug-likeness (QED) is 0.0424. The van der Waals surface area contributed by atoms with E-state index in [0.29, 0.717) is 6.61 Å². The van der Waals surface area contributed by atoms with Crippen molar-refractivity contribution in [3.63, 3.8) is 0 Å². The van der Waals surface area contributed by atoms with Gasteiger partial charge in [-0.1, -0.05) is 122 Å². The summed E-state index contributed by atoms with van der Waals surface area (Å²) in [5.41, 5.74) is 0.792. The van der Waals surface area contributed by atoms with E-state index in [1.54, 1.807) is 0 Å². The minimum atomic E-state index is -6.00. The van der Waals surface area contributed by atoms with Crippen LogP contribution in [0.2, 0.25) is 0 Å². The number of unbranched alkanes of at least 4 members (excludes halogenated alkanes) is 16. The summed E-state index contributed by atoms with van der Waals surface area (Å²) in [6, 6.07) is 8.16. The number of hydrogen-bond donors (Lipinski definition) is 0. The van der Waals surface area contributed by atoms with E-state index in [1.165, 1.54) is 132 Å². The van der Waals surface area contributed by atoms with Crippen molar-refractivity contribution in [1.82, 2.24) is 0 Å². The molecule has 0 amide bonds. The molecule has 0 bridgehead atoms. The third kappa shape index (κ3) is 24.4. The topological polar surface area (TPSA) is 26.3 Å². The molecule has 1 aromatic rings. The first-order valence-corrected chi connectivity index (χ1v) is 17.1. The molecule has 1 atom stereocenters. The number of hydrogen-bond acceptors (Lipinski definition) is 2. The average Bonchev–Trinajstić information content (AvgIpc) is 2.89. The van der Waals surface area contributed by atoms with E-state index in [9.17, 15) is 22.1 Å². The number of carbonyl (C=O) groups excluding carboxylic acids is 1. The van der Waals surface area contributed by atoms with Crippen LogP contribution in [0, 0.1) is 0 Å². The molecule has 0 aromatic heterocycles. The van der Waals surface area contributed by atoms with Gasteiger partial charge in [0.05, 0.1) is 6.61 Å². The molecule has 0 fully saturated rings. The Morgan fingerprint density at radius 1 is 0.641 bits per heavy atom. The second-order valence-corrected chi connectivity index (χ2v) is 12.5. The van der Waals surface area contributed by atoms with Crippen LogP contribution in [-0.2, 0) is 15.6 Å². The predicted molar refractivity (Wildman–Crippen MR) is 162 cm³/mol. The summed E-state index contributed by atoms with van der Waals surface area (Å²) < 4.78 is 44.3. The normalized spacial score (nSPS) is 12.1. The highest BCUT2D eigenvalue weighted by Crippen LogP contribution is 2.23. The van der Waals surface area contributed by atoms with Gasteiger partial charge in [-0.05, 0) is 38.3 Å². The summed E-state index contributed by atoms with van der Waals surface area (Å²) in [5.74, 6) is 2.26. The van der Waals surface area contributed by atoms with Crippen LogP contribution in [0.3, 0.4) is 0 Å². The second kappa shape index (κ2) is 25.8. The number of carbonyl (C=O) groups is 1. The lowest BCUT2D eigenvalue weighted by atomic mass is 10.0. The molecule has 1 aromatic carbocycles. The number of benzene rings is 1. The fourth-order valence-electron chi connectivity index (χ4n) is 4.56. The van der Waals surface area contributed by atoms with Gasteiger partial charge in [-0.2, -0.15) is 0 Å². The first-order valence-electron chi connectivity index (χ1n) is 15.5. The first kappa shape index (κ1) is 37.8. The summed E-state index contributed by atoms with van der Waals surface area (Å²) in [7, 11) is -5.84. The number of esters is 1. The monoisotopic (exact) mass is 578 g/mol. The number of ether oxygens (including phenoxy) is 1. The van der Waals surface area contributed by atoms with Crippen LogP contribution in [0.4, 0.5) is 17.3 Å². The Morgan fingerprint density at radius 2 is 1.03 bits per heavy atom. The summed E-state index contributed by atoms with van der Waals surface area (Å²) in [4.78, 5) is 13.7. The molecule has 0 aliphatic carbocycles. The zero-order valence-corrected chi connectivity index (χ0v) is 25.8. The lowest BCUT2D eigenvalue weighted by Crippen LogP contribution is -2.18. The van der Waals surface area contributed by atoms with Crippen molar-refractivity contribution >= 4 is 24.1 Å². The van der Waals surface area contributed by atoms with Crippen molar-refractivity contribution < 1.29 is 26.8 Å². The summed E-state index contributed by atoms with van der Waals surface area (Å²) in [5, 5.41) is 0. The Labute approximate surface area is 239 Å². The average molecular weight is 579 g/mol. The highest BCUT2D eigenvalue weighted by molar-refractivity contribution is 7.97. The molecule has 0 aliphatic heterocycles. The van der Waals surface area contributed by atoms with E-state index in [4.69, 9.17) is 4.74 Å². The lowest BCUT2D eigenvalue weighted by Gasteiger charge is -2.12. The third-order valence-corrected chi connectivity index (χ3v) is 9.22. The van der Waals surface area contributed by atoms with Crippen molar-refractivity contribution in [2.45, 2.75) is 141 Å². The fraction of sp³-hybridized carbons (Fsp3) is 0.774. The summed E-state index contributed by atoms with van der Waals surface area (Å²) in [6.45, 7) is 6.87. The molecule has 0 aliphatic rings. The van der Waals surface area contributed by atoms with E-state index >= 15 is 0 Å². The third-order valence-electron chi connectivity index (χ3n) is 6.68. The molecule has 228 valence electrons. The maximum Gasteiger partial charge on any atom is 0.673 e. The van der Waals surface area contributed by atoms with Crippen LogP contribution in [0.5, 0.6) is 0 Å². The van der Waals surface area contributed by atoms with Crippen molar-refractivity contribution in [3.8, 4) is 0 Å². The Balaban J connectivity index is 0.00000263. The van der Waals surface area contributed by atoms with Gasteiger partial charge in [0.2, 0.25) is 0 Å². The maximum atomic E-state index is 12.4. The van der Waals surface area contributed by atoms with Crippen LogP contribution in [0.15, 0.2) is 29.2 Å². The van der Waals surface area contributed by atoms with Gasteiger partial charge in [0.15, 0.2) is 4.90 Å². The fourth-order valence-corrected chi connectivity index (χ4v) is 7.13. The van der Waals surface area contributed by atoms with Crippen molar-refractivity contribution in [1.29, 1.82) is 0 Å². The molecule has 2 nitrogen and oxygen atoms in total. The molecule has 0 saturated carbocycles.